The minimum atomic E-state index is -0.757. The number of hydrogen-bond acceptors (Lipinski definition) is 12. The van der Waals surface area contributed by atoms with E-state index >= 15 is 0 Å². The number of fused-ring (bicyclic) bond motifs is 17. The van der Waals surface area contributed by atoms with Crippen LogP contribution >= 0.6 is 0 Å². The number of aliphatic hydroxyl groups is 2. The highest BCUT2D eigenvalue weighted by Gasteiger charge is 2.43. The number of esters is 1. The van der Waals surface area contributed by atoms with Gasteiger partial charge in [0.2, 0.25) is 5.78 Å². The summed E-state index contributed by atoms with van der Waals surface area (Å²) in [6.07, 6.45) is 20.5. The lowest BCUT2D eigenvalue weighted by Crippen LogP contribution is -2.49. The summed E-state index contributed by atoms with van der Waals surface area (Å²) in [7, 11) is 6.13. The summed E-state index contributed by atoms with van der Waals surface area (Å²) in [6, 6.07) is 0.698. The Kier molecular flexibility index (Phi) is 18.7. The zero-order valence-corrected chi connectivity index (χ0v) is 37.9. The van der Waals surface area contributed by atoms with Crippen LogP contribution in [0.1, 0.15) is 118 Å². The van der Waals surface area contributed by atoms with Crippen LogP contribution in [0.3, 0.4) is 0 Å². The van der Waals surface area contributed by atoms with Gasteiger partial charge >= 0.3 is 5.97 Å². The van der Waals surface area contributed by atoms with Gasteiger partial charge in [-0.3, -0.25) is 24.2 Å². The number of allylic oxidation sites excluding steroid dienone is 7. The molecule has 4 heterocycles. The molecule has 1 aromatic carbocycles. The molecule has 5 N–H and O–H groups in total. The lowest BCUT2D eigenvalue weighted by Gasteiger charge is -2.38. The summed E-state index contributed by atoms with van der Waals surface area (Å²) in [5, 5.41) is 36.6. The number of amides is 1. The number of carbonyl (C=O) groups excluding carboxylic acids is 4. The molecule has 0 radical (unpaired) electrons. The molecule has 13 nitrogen and oxygen atoms in total. The van der Waals surface area contributed by atoms with Crippen molar-refractivity contribution in [1.29, 1.82) is 0 Å². The molecule has 0 aromatic heterocycles. The van der Waals surface area contributed by atoms with Gasteiger partial charge in [-0.15, -0.1) is 12.8 Å². The number of nitrogens with zero attached hydrogens (tertiary/aromatic N) is 2. The Morgan fingerprint density at radius 2 is 1.59 bits per heavy atom. The van der Waals surface area contributed by atoms with E-state index in [2.05, 4.69) is 40.4 Å². The van der Waals surface area contributed by atoms with Gasteiger partial charge in [0.05, 0.1) is 35.7 Å². The van der Waals surface area contributed by atoms with Gasteiger partial charge in [-0.1, -0.05) is 58.1 Å². The molecule has 5 aliphatic rings. The molecule has 61 heavy (non-hydrogen) atoms. The maximum atomic E-state index is 14.8. The first-order valence-electron chi connectivity index (χ1n) is 21.2. The zero-order valence-electron chi connectivity index (χ0n) is 37.9. The predicted octanol–water partition coefficient (Wildman–Crippen LogP) is 5.99. The molecule has 6 bridgehead atoms. The standard InChI is InChI=1S/C45H62N4O8.C2H2.CH4O/c1-23-14-13-16-25(3)45(55)48-39-38(47-30-21-31-18-19-32(22-30)49(31)9)37(46-8)35-34(44(56-10)28(6)41(53)36(35)42(39)54)33(51)17-12-11-15-24(2)43(57-29(7)50)27(5)40(52)26(4)20-23;2*1-2/h11-14,16,23-24,26-27,30-32,40,43,47,52-53H,15,17-22H2,1-10H3,(H,48,55);1-2H;2H,1H3/b12-11+,14-13+,25-16-,46-37?;;/t23-,24+,26+,27+,30?,31?,32?,40+,43+;;/m0../s1. The number of phenolic OH excluding ortho intramolecular Hbond substituents is 1. The molecular weight excluding hydrogens is 777 g/mol. The largest absolute Gasteiger partial charge is 0.507 e. The Hall–Kier alpha value is -5.03. The monoisotopic (exact) mass is 844 g/mol. The van der Waals surface area contributed by atoms with Crippen molar-refractivity contribution in [3.05, 3.63) is 69.6 Å². The van der Waals surface area contributed by atoms with Gasteiger partial charge in [0.25, 0.3) is 5.91 Å². The van der Waals surface area contributed by atoms with E-state index in [1.165, 1.54) is 14.0 Å². The number of phenols is 1. The second-order valence-electron chi connectivity index (χ2n) is 16.8. The number of aliphatic hydroxyl groups excluding tert-OH is 2. The van der Waals surface area contributed by atoms with Gasteiger partial charge in [0.1, 0.15) is 23.3 Å². The molecule has 6 rings (SSSR count). The highest BCUT2D eigenvalue weighted by Crippen LogP contribution is 2.44. The smallest absolute Gasteiger partial charge is 0.302 e. The van der Waals surface area contributed by atoms with E-state index < -0.39 is 29.9 Å². The molecule has 0 saturated carbocycles. The van der Waals surface area contributed by atoms with Crippen molar-refractivity contribution in [2.75, 3.05) is 28.3 Å². The lowest BCUT2D eigenvalue weighted by atomic mass is 9.80. The number of aliphatic imine (C=N–C) groups is 1. The van der Waals surface area contributed by atoms with Crippen molar-refractivity contribution in [3.8, 4) is 24.3 Å². The summed E-state index contributed by atoms with van der Waals surface area (Å²) >= 11 is 0. The molecule has 2 unspecified atom stereocenters. The van der Waals surface area contributed by atoms with Crippen molar-refractivity contribution in [2.45, 2.75) is 124 Å². The van der Waals surface area contributed by atoms with E-state index in [9.17, 15) is 29.4 Å². The number of piperidine rings is 1. The Bertz CT molecular complexity index is 1950. The Morgan fingerprint density at radius 3 is 2.16 bits per heavy atom. The molecule has 8 atom stereocenters. The van der Waals surface area contributed by atoms with Crippen LogP contribution in [-0.4, -0.2) is 108 Å². The summed E-state index contributed by atoms with van der Waals surface area (Å²) in [4.78, 5) is 62.4. The predicted molar refractivity (Wildman–Crippen MR) is 239 cm³/mol. The average Bonchev–Trinajstić information content (AvgIpc) is 3.42. The van der Waals surface area contributed by atoms with Crippen LogP contribution in [0.15, 0.2) is 52.3 Å². The molecule has 2 saturated heterocycles. The fourth-order valence-electron chi connectivity index (χ4n) is 9.38. The van der Waals surface area contributed by atoms with E-state index in [-0.39, 0.29) is 87.1 Å². The fourth-order valence-corrected chi connectivity index (χ4v) is 9.38. The van der Waals surface area contributed by atoms with Gasteiger partial charge in [0.15, 0.2) is 5.78 Å². The van der Waals surface area contributed by atoms with Crippen LogP contribution < -0.4 is 15.4 Å². The van der Waals surface area contributed by atoms with Crippen molar-refractivity contribution in [3.63, 3.8) is 0 Å². The van der Waals surface area contributed by atoms with Crippen LogP contribution in [0.2, 0.25) is 0 Å². The number of ether oxygens (including phenoxy) is 2. The van der Waals surface area contributed by atoms with E-state index in [4.69, 9.17) is 14.6 Å². The SMILES string of the molecule is C#C.CN=C1C(NC2CC3CCC(C2)N3C)=C2NC(=O)/C(C)=C\C=C\[C@H](C)C[C@@H](C)[C@@H](O)[C@@H](C)[C@H](OC(C)=O)[C@H](C)C/C=C/CC(=O)c3c(OC)c(C)c(O)c(c31)C2=O.CO. The number of aromatic hydroxyl groups is 1. The Balaban J connectivity index is 0.00000241. The van der Waals surface area contributed by atoms with Crippen molar-refractivity contribution < 1.29 is 44.0 Å². The minimum absolute atomic E-state index is 0.0418. The van der Waals surface area contributed by atoms with Crippen LogP contribution in [-0.2, 0) is 14.3 Å². The number of nitrogens with one attached hydrogen (secondary N) is 2. The molecular formula is C48H68N4O9. The topological polar surface area (TPSA) is 187 Å². The third kappa shape index (κ3) is 11.3. The molecule has 0 spiro atoms. The summed E-state index contributed by atoms with van der Waals surface area (Å²) < 4.78 is 11.6. The third-order valence-corrected chi connectivity index (χ3v) is 12.6. The number of ketones is 2. The Labute approximate surface area is 362 Å². The van der Waals surface area contributed by atoms with Crippen molar-refractivity contribution in [1.82, 2.24) is 15.5 Å². The first-order chi connectivity index (χ1) is 29.0. The number of rotatable bonds is 4. The average molecular weight is 845 g/mol. The second kappa shape index (κ2) is 22.7. The Morgan fingerprint density at radius 1 is 0.967 bits per heavy atom. The first kappa shape index (κ1) is 50.3. The number of terminal acetylenes is 1. The van der Waals surface area contributed by atoms with Gasteiger partial charge in [-0.25, -0.2) is 0 Å². The molecule has 334 valence electrons. The third-order valence-electron chi connectivity index (χ3n) is 12.6. The van der Waals surface area contributed by atoms with E-state index in [1.54, 1.807) is 39.1 Å². The van der Waals surface area contributed by atoms with Crippen LogP contribution in [0.5, 0.6) is 11.5 Å². The zero-order chi connectivity index (χ0) is 45.9. The maximum absolute atomic E-state index is 14.8. The van der Waals surface area contributed by atoms with Gasteiger partial charge in [0, 0.05) is 68.2 Å². The summed E-state index contributed by atoms with van der Waals surface area (Å²) in [5.41, 5.74) is 1.21. The minimum Gasteiger partial charge on any atom is -0.507 e. The number of benzene rings is 1. The summed E-state index contributed by atoms with van der Waals surface area (Å²) in [5.74, 6) is -2.81. The molecule has 1 aromatic rings. The normalized spacial score (nSPS) is 31.3. The molecule has 13 heteroatoms. The quantitative estimate of drug-likeness (QED) is 0.136. The lowest BCUT2D eigenvalue weighted by molar-refractivity contribution is -0.156. The molecule has 4 aliphatic heterocycles. The molecule has 2 fully saturated rings. The second-order valence-corrected chi connectivity index (χ2v) is 16.8. The number of methoxy groups -OCH3 is 1. The molecule has 1 amide bonds. The van der Waals surface area contributed by atoms with E-state index in [1.807, 2.05) is 39.8 Å². The summed E-state index contributed by atoms with van der Waals surface area (Å²) in [6.45, 7) is 12.5. The fraction of sp³-hybridized carbons (Fsp3) is 0.562. The van der Waals surface area contributed by atoms with Crippen LogP contribution in [0, 0.1) is 43.4 Å². The van der Waals surface area contributed by atoms with Crippen LogP contribution in [0.25, 0.3) is 0 Å². The maximum Gasteiger partial charge on any atom is 0.302 e. The van der Waals surface area contributed by atoms with E-state index in [0.717, 1.165) is 32.8 Å². The van der Waals surface area contributed by atoms with E-state index in [0.29, 0.717) is 36.2 Å². The number of carbonyl (C=O) groups is 4. The van der Waals surface area contributed by atoms with Gasteiger partial charge < -0.3 is 40.3 Å². The van der Waals surface area contributed by atoms with Crippen LogP contribution in [0.4, 0.5) is 0 Å². The van der Waals surface area contributed by atoms with Gasteiger partial charge in [-0.05, 0) is 77.2 Å². The first-order valence-corrected chi connectivity index (χ1v) is 21.2. The number of hydrogen-bond donors (Lipinski definition) is 5. The highest BCUT2D eigenvalue weighted by atomic mass is 16.5. The number of Topliss-reactive ketones (excluding diaryl/α,β-unsaturated/α-hetero) is 2. The highest BCUT2D eigenvalue weighted by molar-refractivity contribution is 6.33. The van der Waals surface area contributed by atoms with Crippen molar-refractivity contribution in [2.24, 2.45) is 28.7 Å². The van der Waals surface area contributed by atoms with Crippen molar-refractivity contribution >= 4 is 29.2 Å². The molecule has 1 aliphatic carbocycles. The van der Waals surface area contributed by atoms with Gasteiger partial charge in [-0.2, -0.15) is 0 Å².